The lowest BCUT2D eigenvalue weighted by molar-refractivity contribution is 0.376. The fourth-order valence-corrected chi connectivity index (χ4v) is 1.42. The first-order valence-corrected chi connectivity index (χ1v) is 5.06. The van der Waals surface area contributed by atoms with Crippen molar-refractivity contribution in [2.24, 2.45) is 0 Å². The van der Waals surface area contributed by atoms with Crippen LogP contribution in [-0.2, 0) is 0 Å². The summed E-state index contributed by atoms with van der Waals surface area (Å²) >= 11 is 0. The minimum Gasteiger partial charge on any atom is -0.493 e. The number of hydrogen-bond donors (Lipinski definition) is 1. The average molecular weight is 233 g/mol. The summed E-state index contributed by atoms with van der Waals surface area (Å²) in [5.74, 6) is 0.882. The Morgan fingerprint density at radius 2 is 1.76 bits per heavy atom. The molecule has 0 aliphatic heterocycles. The molecule has 0 atom stereocenters. The Labute approximate surface area is 98.6 Å². The maximum absolute atomic E-state index is 13.0. The summed E-state index contributed by atoms with van der Waals surface area (Å²) in [5.41, 5.74) is 6.26. The van der Waals surface area contributed by atoms with Gasteiger partial charge in [-0.1, -0.05) is 12.1 Å². The van der Waals surface area contributed by atoms with Gasteiger partial charge in [-0.3, -0.25) is 0 Å². The van der Waals surface area contributed by atoms with Crippen molar-refractivity contribution >= 4 is 5.69 Å². The molecule has 88 valence electrons. The molecule has 0 fully saturated rings. The Morgan fingerprint density at radius 1 is 1.00 bits per heavy atom. The zero-order chi connectivity index (χ0) is 12.3. The second kappa shape index (κ2) is 4.74. The van der Waals surface area contributed by atoms with E-state index in [4.69, 9.17) is 15.2 Å². The number of nitrogen functional groups attached to an aromatic ring is 1. The van der Waals surface area contributed by atoms with E-state index in [1.165, 1.54) is 25.3 Å². The Kier molecular flexibility index (Phi) is 3.14. The number of anilines is 1. The van der Waals surface area contributed by atoms with E-state index in [1.807, 2.05) is 12.1 Å². The summed E-state index contributed by atoms with van der Waals surface area (Å²) < 4.78 is 23.6. The van der Waals surface area contributed by atoms with Crippen molar-refractivity contribution in [3.05, 3.63) is 48.3 Å². The minimum absolute atomic E-state index is 0.327. The fraction of sp³-hybridized carbons (Fsp3) is 0.0769. The van der Waals surface area contributed by atoms with Gasteiger partial charge in [-0.15, -0.1) is 0 Å². The van der Waals surface area contributed by atoms with Crippen LogP contribution in [0.25, 0.3) is 0 Å². The number of methoxy groups -OCH3 is 1. The van der Waals surface area contributed by atoms with Gasteiger partial charge in [0.05, 0.1) is 12.8 Å². The van der Waals surface area contributed by atoms with Crippen LogP contribution < -0.4 is 15.2 Å². The molecule has 0 radical (unpaired) electrons. The summed E-state index contributed by atoms with van der Waals surface area (Å²) in [7, 11) is 1.45. The normalized spacial score (nSPS) is 10.0. The molecular weight excluding hydrogens is 221 g/mol. The Morgan fingerprint density at radius 3 is 2.47 bits per heavy atom. The SMILES string of the molecule is COc1cc(F)ccc1Oc1ccccc1N. The van der Waals surface area contributed by atoms with Crippen LogP contribution in [0.2, 0.25) is 0 Å². The third-order valence-corrected chi connectivity index (χ3v) is 2.26. The maximum atomic E-state index is 13.0. The molecule has 0 saturated carbocycles. The lowest BCUT2D eigenvalue weighted by Gasteiger charge is -2.11. The minimum atomic E-state index is -0.379. The summed E-state index contributed by atoms with van der Waals surface area (Å²) in [6.07, 6.45) is 0. The van der Waals surface area contributed by atoms with Crippen molar-refractivity contribution in [3.8, 4) is 17.2 Å². The van der Waals surface area contributed by atoms with Crippen molar-refractivity contribution < 1.29 is 13.9 Å². The van der Waals surface area contributed by atoms with Gasteiger partial charge in [-0.2, -0.15) is 0 Å². The number of nitrogens with two attached hydrogens (primary N) is 1. The van der Waals surface area contributed by atoms with Gasteiger partial charge in [0, 0.05) is 6.07 Å². The van der Waals surface area contributed by atoms with Crippen molar-refractivity contribution in [2.45, 2.75) is 0 Å². The van der Waals surface area contributed by atoms with Gasteiger partial charge in [0.25, 0.3) is 0 Å². The van der Waals surface area contributed by atoms with Gasteiger partial charge >= 0.3 is 0 Å². The molecule has 3 nitrogen and oxygen atoms in total. The summed E-state index contributed by atoms with van der Waals surface area (Å²) in [5, 5.41) is 0. The summed E-state index contributed by atoms with van der Waals surface area (Å²) in [4.78, 5) is 0. The van der Waals surface area contributed by atoms with E-state index in [9.17, 15) is 4.39 Å². The first-order valence-electron chi connectivity index (χ1n) is 5.06. The highest BCUT2D eigenvalue weighted by atomic mass is 19.1. The highest BCUT2D eigenvalue weighted by molar-refractivity contribution is 5.55. The highest BCUT2D eigenvalue weighted by Crippen LogP contribution is 2.34. The summed E-state index contributed by atoms with van der Waals surface area (Å²) in [6, 6.07) is 11.1. The van der Waals surface area contributed by atoms with Crippen LogP contribution in [0.3, 0.4) is 0 Å². The van der Waals surface area contributed by atoms with Crippen LogP contribution in [0.1, 0.15) is 0 Å². The molecule has 0 bridgehead atoms. The Hall–Kier alpha value is -2.23. The van der Waals surface area contributed by atoms with E-state index in [2.05, 4.69) is 0 Å². The molecule has 0 heterocycles. The van der Waals surface area contributed by atoms with Gasteiger partial charge in [0.2, 0.25) is 0 Å². The topological polar surface area (TPSA) is 44.5 Å². The van der Waals surface area contributed by atoms with E-state index in [0.29, 0.717) is 22.9 Å². The third-order valence-electron chi connectivity index (χ3n) is 2.26. The van der Waals surface area contributed by atoms with Crippen LogP contribution in [0.4, 0.5) is 10.1 Å². The van der Waals surface area contributed by atoms with Crippen molar-refractivity contribution in [1.82, 2.24) is 0 Å². The molecule has 0 aliphatic carbocycles. The van der Waals surface area contributed by atoms with E-state index < -0.39 is 0 Å². The third kappa shape index (κ3) is 2.47. The molecule has 17 heavy (non-hydrogen) atoms. The number of hydrogen-bond acceptors (Lipinski definition) is 3. The van der Waals surface area contributed by atoms with E-state index in [-0.39, 0.29) is 5.82 Å². The second-order valence-corrected chi connectivity index (χ2v) is 3.44. The number of halogens is 1. The van der Waals surface area contributed by atoms with E-state index in [0.717, 1.165) is 0 Å². The van der Waals surface area contributed by atoms with Crippen LogP contribution >= 0.6 is 0 Å². The fourth-order valence-electron chi connectivity index (χ4n) is 1.42. The highest BCUT2D eigenvalue weighted by Gasteiger charge is 2.08. The predicted octanol–water partition coefficient (Wildman–Crippen LogP) is 3.21. The lowest BCUT2D eigenvalue weighted by atomic mass is 10.3. The first-order chi connectivity index (χ1) is 8.20. The molecule has 0 unspecified atom stereocenters. The quantitative estimate of drug-likeness (QED) is 0.828. The second-order valence-electron chi connectivity index (χ2n) is 3.44. The number of ether oxygens (including phenoxy) is 2. The van der Waals surface area contributed by atoms with Gasteiger partial charge in [-0.25, -0.2) is 4.39 Å². The number of benzene rings is 2. The molecule has 2 rings (SSSR count). The first kappa shape index (κ1) is 11.3. The molecule has 0 aromatic heterocycles. The molecule has 0 saturated heterocycles. The summed E-state index contributed by atoms with van der Waals surface area (Å²) in [6.45, 7) is 0. The molecule has 0 amide bonds. The van der Waals surface area contributed by atoms with Gasteiger partial charge in [0.1, 0.15) is 5.82 Å². The standard InChI is InChI=1S/C13H12FNO2/c1-16-13-8-9(14)6-7-12(13)17-11-5-3-2-4-10(11)15/h2-8H,15H2,1H3. The van der Waals surface area contributed by atoms with Gasteiger partial charge in [0.15, 0.2) is 17.2 Å². The Balaban J connectivity index is 2.33. The molecular formula is C13H12FNO2. The number of para-hydroxylation sites is 2. The van der Waals surface area contributed by atoms with Crippen molar-refractivity contribution in [3.63, 3.8) is 0 Å². The average Bonchev–Trinajstić information content (AvgIpc) is 2.34. The molecule has 2 aromatic rings. The zero-order valence-electron chi connectivity index (χ0n) is 9.31. The predicted molar refractivity (Wildman–Crippen MR) is 63.9 cm³/mol. The Bertz CT molecular complexity index is 529. The monoisotopic (exact) mass is 233 g/mol. The van der Waals surface area contributed by atoms with Crippen LogP contribution in [-0.4, -0.2) is 7.11 Å². The largest absolute Gasteiger partial charge is 0.493 e. The van der Waals surface area contributed by atoms with Crippen LogP contribution in [0.5, 0.6) is 17.2 Å². The van der Waals surface area contributed by atoms with Crippen molar-refractivity contribution in [1.29, 1.82) is 0 Å². The van der Waals surface area contributed by atoms with Crippen molar-refractivity contribution in [2.75, 3.05) is 12.8 Å². The van der Waals surface area contributed by atoms with Crippen LogP contribution in [0.15, 0.2) is 42.5 Å². The zero-order valence-corrected chi connectivity index (χ0v) is 9.31. The van der Waals surface area contributed by atoms with E-state index in [1.54, 1.807) is 12.1 Å². The number of rotatable bonds is 3. The maximum Gasteiger partial charge on any atom is 0.169 e. The lowest BCUT2D eigenvalue weighted by Crippen LogP contribution is -1.94. The molecule has 2 aromatic carbocycles. The smallest absolute Gasteiger partial charge is 0.169 e. The molecule has 0 spiro atoms. The van der Waals surface area contributed by atoms with E-state index >= 15 is 0 Å². The van der Waals surface area contributed by atoms with Gasteiger partial charge < -0.3 is 15.2 Å². The van der Waals surface area contributed by atoms with Crippen LogP contribution in [0, 0.1) is 5.82 Å². The molecule has 2 N–H and O–H groups in total. The molecule has 4 heteroatoms. The molecule has 0 aliphatic rings. The van der Waals surface area contributed by atoms with Gasteiger partial charge in [-0.05, 0) is 24.3 Å².